The van der Waals surface area contributed by atoms with Crippen molar-refractivity contribution in [2.45, 2.75) is 26.8 Å². The minimum Gasteiger partial charge on any atom is -0.305 e. The molecule has 0 atom stereocenters. The highest BCUT2D eigenvalue weighted by atomic mass is 15.2. The lowest BCUT2D eigenvalue weighted by molar-refractivity contribution is 0.266. The molecule has 1 fully saturated rings. The van der Waals surface area contributed by atoms with Gasteiger partial charge in [-0.15, -0.1) is 0 Å². The fourth-order valence-corrected chi connectivity index (χ4v) is 4.74. The molecule has 172 valence electrons. The second-order valence-electron chi connectivity index (χ2n) is 9.47. The number of pyridine rings is 1. The number of benzene rings is 2. The lowest BCUT2D eigenvalue weighted by Gasteiger charge is -2.21. The number of fused-ring (bicyclic) bond motifs is 1. The van der Waals surface area contributed by atoms with E-state index in [-0.39, 0.29) is 0 Å². The second-order valence-corrected chi connectivity index (χ2v) is 9.47. The van der Waals surface area contributed by atoms with Crippen molar-refractivity contribution in [3.05, 3.63) is 83.2 Å². The van der Waals surface area contributed by atoms with Crippen LogP contribution in [0.5, 0.6) is 0 Å². The van der Waals surface area contributed by atoms with Gasteiger partial charge in [0, 0.05) is 31.4 Å². The number of nitrogens with zero attached hydrogens (tertiary/aromatic N) is 5. The van der Waals surface area contributed by atoms with Crippen molar-refractivity contribution >= 4 is 5.65 Å². The van der Waals surface area contributed by atoms with E-state index < -0.39 is 0 Å². The number of hydrogen-bond donors (Lipinski definition) is 0. The quantitative estimate of drug-likeness (QED) is 0.424. The van der Waals surface area contributed by atoms with Gasteiger partial charge in [0.2, 0.25) is 0 Å². The molecule has 0 N–H and O–H groups in total. The third-order valence-corrected chi connectivity index (χ3v) is 7.03. The van der Waals surface area contributed by atoms with E-state index in [9.17, 15) is 5.26 Å². The lowest BCUT2D eigenvalue weighted by atomic mass is 10.0. The van der Waals surface area contributed by atoms with Crippen LogP contribution in [-0.2, 0) is 6.54 Å². The van der Waals surface area contributed by atoms with Crippen molar-refractivity contribution < 1.29 is 0 Å². The zero-order valence-corrected chi connectivity index (χ0v) is 20.3. The molecule has 1 aliphatic rings. The summed E-state index contributed by atoms with van der Waals surface area (Å²) in [5.41, 5.74) is 9.90. The van der Waals surface area contributed by atoms with Gasteiger partial charge < -0.3 is 9.30 Å². The molecule has 4 aromatic rings. The summed E-state index contributed by atoms with van der Waals surface area (Å²) >= 11 is 0. The molecule has 2 aromatic carbocycles. The first-order valence-electron chi connectivity index (χ1n) is 12.0. The van der Waals surface area contributed by atoms with E-state index in [2.05, 4.69) is 77.7 Å². The van der Waals surface area contributed by atoms with E-state index in [0.29, 0.717) is 5.56 Å². The van der Waals surface area contributed by atoms with E-state index in [0.717, 1.165) is 49.6 Å². The smallest absolute Gasteiger partial charge is 0.137 e. The van der Waals surface area contributed by atoms with Gasteiger partial charge in [-0.05, 0) is 86.9 Å². The molecule has 0 radical (unpaired) electrons. The van der Waals surface area contributed by atoms with Gasteiger partial charge in [0.05, 0.1) is 23.0 Å². The Morgan fingerprint density at radius 3 is 2.38 bits per heavy atom. The van der Waals surface area contributed by atoms with Crippen LogP contribution in [0.3, 0.4) is 0 Å². The summed E-state index contributed by atoms with van der Waals surface area (Å²) in [7, 11) is 2.20. The van der Waals surface area contributed by atoms with Gasteiger partial charge >= 0.3 is 0 Å². The van der Waals surface area contributed by atoms with Crippen LogP contribution in [0, 0.1) is 25.2 Å². The van der Waals surface area contributed by atoms with E-state index in [1.54, 1.807) is 0 Å². The molecule has 0 bridgehead atoms. The van der Waals surface area contributed by atoms with Crippen LogP contribution in [0.2, 0.25) is 0 Å². The predicted molar refractivity (Wildman–Crippen MR) is 138 cm³/mol. The first-order valence-corrected chi connectivity index (χ1v) is 12.0. The minimum atomic E-state index is 0.668. The highest BCUT2D eigenvalue weighted by molar-refractivity contribution is 5.71. The van der Waals surface area contributed by atoms with Gasteiger partial charge in [0.25, 0.3) is 0 Å². The molecule has 0 amide bonds. The Morgan fingerprint density at radius 2 is 1.62 bits per heavy atom. The Hall–Kier alpha value is -3.46. The molecule has 3 heterocycles. The molecule has 5 rings (SSSR count). The minimum absolute atomic E-state index is 0.668. The predicted octanol–water partition coefficient (Wildman–Crippen LogP) is 5.29. The largest absolute Gasteiger partial charge is 0.305 e. The fourth-order valence-electron chi connectivity index (χ4n) is 4.74. The number of likely N-dealkylation sites (N-methyl/N-ethyl adjacent to an activating group) is 1. The molecule has 34 heavy (non-hydrogen) atoms. The van der Waals surface area contributed by atoms with Crippen molar-refractivity contribution in [3.63, 3.8) is 0 Å². The van der Waals surface area contributed by atoms with Gasteiger partial charge in [-0.1, -0.05) is 30.3 Å². The maximum atomic E-state index is 9.23. The molecule has 0 aliphatic carbocycles. The highest BCUT2D eigenvalue weighted by Crippen LogP contribution is 2.29. The van der Waals surface area contributed by atoms with Gasteiger partial charge in [0.1, 0.15) is 5.65 Å². The van der Waals surface area contributed by atoms with Gasteiger partial charge in [-0.2, -0.15) is 5.26 Å². The Morgan fingerprint density at radius 1 is 0.853 bits per heavy atom. The first-order chi connectivity index (χ1) is 16.5. The molecule has 2 aromatic heterocycles. The Bertz CT molecular complexity index is 1360. The van der Waals surface area contributed by atoms with Crippen LogP contribution in [-0.4, -0.2) is 52.4 Å². The number of hydrogen-bond acceptors (Lipinski definition) is 4. The average molecular weight is 450 g/mol. The average Bonchev–Trinajstić information content (AvgIpc) is 3.07. The number of aryl methyl sites for hydroxylation is 2. The molecule has 0 spiro atoms. The number of imidazole rings is 1. The number of aromatic nitrogens is 2. The van der Waals surface area contributed by atoms with E-state index in [1.165, 1.54) is 34.4 Å². The lowest BCUT2D eigenvalue weighted by Crippen LogP contribution is -2.29. The third kappa shape index (κ3) is 4.48. The van der Waals surface area contributed by atoms with Gasteiger partial charge in [-0.25, -0.2) is 4.98 Å². The van der Waals surface area contributed by atoms with Crippen LogP contribution in [0.15, 0.2) is 60.8 Å². The molecule has 1 saturated heterocycles. The Balaban J connectivity index is 1.61. The summed E-state index contributed by atoms with van der Waals surface area (Å²) in [5, 5.41) is 9.23. The standard InChI is InChI=1S/C29H31N5/c1-21-5-8-25(17-22(21)2)26-11-12-28-31-29(24-9-6-23(18-30)7-10-24)27(34(28)19-26)20-33-14-4-13-32(3)15-16-33/h5-12,17,19H,4,13-16,20H2,1-3H3. The van der Waals surface area contributed by atoms with Crippen molar-refractivity contribution in [3.8, 4) is 28.5 Å². The zero-order valence-electron chi connectivity index (χ0n) is 20.3. The summed E-state index contributed by atoms with van der Waals surface area (Å²) < 4.78 is 2.27. The summed E-state index contributed by atoms with van der Waals surface area (Å²) in [4.78, 5) is 10.0. The van der Waals surface area contributed by atoms with Crippen LogP contribution >= 0.6 is 0 Å². The normalized spacial score (nSPS) is 15.4. The molecule has 5 nitrogen and oxygen atoms in total. The molecular formula is C29H31N5. The Kier molecular flexibility index (Phi) is 6.19. The van der Waals surface area contributed by atoms with Crippen LogP contribution in [0.4, 0.5) is 0 Å². The fraction of sp³-hybridized carbons (Fsp3) is 0.310. The van der Waals surface area contributed by atoms with E-state index in [1.807, 2.05) is 24.3 Å². The SMILES string of the molecule is Cc1ccc(-c2ccc3nc(-c4ccc(C#N)cc4)c(CN4CCCN(C)CC4)n3c2)cc1C. The van der Waals surface area contributed by atoms with Gasteiger partial charge in [0.15, 0.2) is 0 Å². The highest BCUT2D eigenvalue weighted by Gasteiger charge is 2.20. The summed E-state index contributed by atoms with van der Waals surface area (Å²) in [6.45, 7) is 9.52. The zero-order chi connectivity index (χ0) is 23.7. The number of nitriles is 1. The molecule has 1 aliphatic heterocycles. The van der Waals surface area contributed by atoms with Crippen LogP contribution in [0.25, 0.3) is 28.0 Å². The van der Waals surface area contributed by atoms with E-state index >= 15 is 0 Å². The van der Waals surface area contributed by atoms with Crippen molar-refractivity contribution in [2.24, 2.45) is 0 Å². The van der Waals surface area contributed by atoms with E-state index in [4.69, 9.17) is 4.98 Å². The van der Waals surface area contributed by atoms with Crippen molar-refractivity contribution in [2.75, 3.05) is 33.2 Å². The van der Waals surface area contributed by atoms with Gasteiger partial charge in [-0.3, -0.25) is 4.90 Å². The maximum Gasteiger partial charge on any atom is 0.137 e. The number of rotatable bonds is 4. The van der Waals surface area contributed by atoms with Crippen molar-refractivity contribution in [1.29, 1.82) is 5.26 Å². The van der Waals surface area contributed by atoms with Crippen LogP contribution in [0.1, 0.15) is 28.8 Å². The summed E-state index contributed by atoms with van der Waals surface area (Å²) in [6, 6.07) is 21.0. The maximum absolute atomic E-state index is 9.23. The summed E-state index contributed by atoms with van der Waals surface area (Å²) in [6.07, 6.45) is 3.41. The topological polar surface area (TPSA) is 47.6 Å². The first kappa shape index (κ1) is 22.3. The molecular weight excluding hydrogens is 418 g/mol. The van der Waals surface area contributed by atoms with Crippen molar-refractivity contribution in [1.82, 2.24) is 19.2 Å². The monoisotopic (exact) mass is 449 g/mol. The second kappa shape index (κ2) is 9.42. The molecule has 5 heteroatoms. The molecule has 0 unspecified atom stereocenters. The Labute approximate surface area is 201 Å². The third-order valence-electron chi connectivity index (χ3n) is 7.03. The van der Waals surface area contributed by atoms with Crippen LogP contribution < -0.4 is 0 Å². The summed E-state index contributed by atoms with van der Waals surface area (Å²) in [5.74, 6) is 0. The molecule has 0 saturated carbocycles.